The summed E-state index contributed by atoms with van der Waals surface area (Å²) in [4.78, 5) is 22.0. The summed E-state index contributed by atoms with van der Waals surface area (Å²) < 4.78 is 2.07. The molecule has 1 amide bonds. The van der Waals surface area contributed by atoms with Crippen molar-refractivity contribution in [2.45, 2.75) is 20.8 Å². The van der Waals surface area contributed by atoms with E-state index in [1.165, 1.54) is 11.8 Å². The van der Waals surface area contributed by atoms with Crippen molar-refractivity contribution in [3.8, 4) is 5.82 Å². The molecule has 0 bridgehead atoms. The van der Waals surface area contributed by atoms with E-state index in [1.54, 1.807) is 18.2 Å². The van der Waals surface area contributed by atoms with E-state index in [9.17, 15) is 4.79 Å². The number of thioether (sulfide) groups is 1. The van der Waals surface area contributed by atoms with E-state index < -0.39 is 0 Å². The smallest absolute Gasteiger partial charge is 0.264 e. The molecule has 1 N–H and O–H groups in total. The Hall–Kier alpha value is -2.54. The van der Waals surface area contributed by atoms with Gasteiger partial charge in [0.1, 0.15) is 5.82 Å². The number of hydrogen-bond acceptors (Lipinski definition) is 4. The number of aliphatic imine (C=N–C) groups is 1. The third kappa shape index (κ3) is 4.03. The highest BCUT2D eigenvalue weighted by Gasteiger charge is 2.25. The lowest BCUT2D eigenvalue weighted by Gasteiger charge is -2.08. The molecule has 8 heteroatoms. The van der Waals surface area contributed by atoms with E-state index in [1.807, 2.05) is 51.2 Å². The zero-order valence-corrected chi connectivity index (χ0v) is 18.9. The minimum atomic E-state index is -0.199. The first-order valence-corrected chi connectivity index (χ1v) is 10.8. The summed E-state index contributed by atoms with van der Waals surface area (Å²) in [5.74, 6) is 0.650. The summed E-state index contributed by atoms with van der Waals surface area (Å²) in [5, 5.41) is 4.02. The first-order valence-electron chi connectivity index (χ1n) is 9.19. The van der Waals surface area contributed by atoms with Gasteiger partial charge in [-0.05, 0) is 74.0 Å². The van der Waals surface area contributed by atoms with Crippen molar-refractivity contribution in [2.75, 3.05) is 0 Å². The van der Waals surface area contributed by atoms with Gasteiger partial charge < -0.3 is 9.88 Å². The van der Waals surface area contributed by atoms with Gasteiger partial charge in [0.2, 0.25) is 0 Å². The maximum absolute atomic E-state index is 12.5. The number of hydrogen-bond donors (Lipinski definition) is 1. The molecule has 1 fully saturated rings. The van der Waals surface area contributed by atoms with Crippen LogP contribution in [0.3, 0.4) is 0 Å². The predicted molar refractivity (Wildman–Crippen MR) is 125 cm³/mol. The van der Waals surface area contributed by atoms with Gasteiger partial charge in [-0.3, -0.25) is 4.79 Å². The first-order chi connectivity index (χ1) is 14.3. The summed E-state index contributed by atoms with van der Waals surface area (Å²) in [6.45, 7) is 6.04. The topological polar surface area (TPSA) is 59.3 Å². The molecular formula is C22H18Cl2N4OS. The van der Waals surface area contributed by atoms with Crippen LogP contribution in [0.4, 0.5) is 5.69 Å². The second kappa shape index (κ2) is 8.30. The highest BCUT2D eigenvalue weighted by atomic mass is 35.5. The molecule has 0 radical (unpaired) electrons. The molecule has 0 aliphatic carbocycles. The van der Waals surface area contributed by atoms with Gasteiger partial charge >= 0.3 is 0 Å². The Morgan fingerprint density at radius 3 is 2.70 bits per heavy atom. The lowest BCUT2D eigenvalue weighted by Crippen LogP contribution is -2.19. The van der Waals surface area contributed by atoms with E-state index >= 15 is 0 Å². The number of aryl methyl sites for hydroxylation is 2. The molecule has 0 atom stereocenters. The summed E-state index contributed by atoms with van der Waals surface area (Å²) in [7, 11) is 0. The Kier molecular flexibility index (Phi) is 5.73. The molecule has 3 aromatic rings. The Balaban J connectivity index is 1.65. The summed E-state index contributed by atoms with van der Waals surface area (Å²) >= 11 is 13.5. The third-order valence-electron chi connectivity index (χ3n) is 4.69. The molecule has 0 unspecified atom stereocenters. The third-order valence-corrected chi connectivity index (χ3v) is 6.40. The van der Waals surface area contributed by atoms with E-state index in [0.29, 0.717) is 25.8 Å². The lowest BCUT2D eigenvalue weighted by atomic mass is 10.2. The fourth-order valence-corrected chi connectivity index (χ4v) is 4.35. The Morgan fingerprint density at radius 2 is 1.97 bits per heavy atom. The van der Waals surface area contributed by atoms with Gasteiger partial charge in [0.25, 0.3) is 5.91 Å². The van der Waals surface area contributed by atoms with Gasteiger partial charge in [-0.2, -0.15) is 0 Å². The number of halogens is 2. The van der Waals surface area contributed by atoms with Crippen LogP contribution >= 0.6 is 35.0 Å². The highest BCUT2D eigenvalue weighted by molar-refractivity contribution is 8.18. The maximum atomic E-state index is 12.5. The molecule has 1 aliphatic heterocycles. The average Bonchev–Trinajstić information content (AvgIpc) is 3.19. The molecule has 152 valence electrons. The van der Waals surface area contributed by atoms with Crippen LogP contribution in [0.15, 0.2) is 52.5 Å². The Morgan fingerprint density at radius 1 is 1.17 bits per heavy atom. The highest BCUT2D eigenvalue weighted by Crippen LogP contribution is 2.35. The number of nitrogens with zero attached hydrogens (tertiary/aromatic N) is 3. The molecule has 3 heterocycles. The zero-order chi connectivity index (χ0) is 21.4. The molecule has 2 aromatic heterocycles. The number of pyridine rings is 1. The number of amidine groups is 1. The average molecular weight is 457 g/mol. The zero-order valence-electron chi connectivity index (χ0n) is 16.5. The fraction of sp³-hybridized carbons (Fsp3) is 0.136. The number of benzene rings is 1. The minimum Gasteiger partial charge on any atom is -0.303 e. The Bertz CT molecular complexity index is 1210. The summed E-state index contributed by atoms with van der Waals surface area (Å²) in [6.07, 6.45) is 3.71. The quantitative estimate of drug-likeness (QED) is 0.491. The van der Waals surface area contributed by atoms with Crippen LogP contribution in [0.1, 0.15) is 22.5 Å². The van der Waals surface area contributed by atoms with E-state index in [4.69, 9.17) is 23.2 Å². The standard InChI is InChI=1S/C22H18Cl2N4OS/c1-12-7-8-19(25-11-12)28-13(2)9-15(14(28)3)10-18-21(29)27-22(30-18)26-17-6-4-5-16(23)20(17)24/h4-11H,1-3H3,(H,26,27,29)/b18-10+. The van der Waals surface area contributed by atoms with Crippen LogP contribution in [0, 0.1) is 20.8 Å². The number of amides is 1. The van der Waals surface area contributed by atoms with Gasteiger partial charge in [0.05, 0.1) is 20.6 Å². The number of rotatable bonds is 3. The molecule has 4 rings (SSSR count). The predicted octanol–water partition coefficient (Wildman–Crippen LogP) is 6.00. The van der Waals surface area contributed by atoms with Crippen LogP contribution in [0.2, 0.25) is 10.0 Å². The van der Waals surface area contributed by atoms with Crippen molar-refractivity contribution >= 4 is 57.8 Å². The SMILES string of the molecule is Cc1ccc(-n2c(C)cc(/C=C3/SC(=Nc4cccc(Cl)c4Cl)NC3=O)c2C)nc1. The van der Waals surface area contributed by atoms with Crippen molar-refractivity contribution in [3.63, 3.8) is 0 Å². The summed E-state index contributed by atoms with van der Waals surface area (Å²) in [6, 6.07) is 11.3. The van der Waals surface area contributed by atoms with Crippen molar-refractivity contribution in [1.82, 2.24) is 14.9 Å². The molecular weight excluding hydrogens is 439 g/mol. The van der Waals surface area contributed by atoms with Crippen molar-refractivity contribution in [2.24, 2.45) is 4.99 Å². The molecule has 0 spiro atoms. The molecule has 1 aliphatic rings. The van der Waals surface area contributed by atoms with Crippen LogP contribution in [-0.4, -0.2) is 20.6 Å². The molecule has 30 heavy (non-hydrogen) atoms. The van der Waals surface area contributed by atoms with Gasteiger partial charge in [-0.15, -0.1) is 0 Å². The van der Waals surface area contributed by atoms with Crippen LogP contribution in [-0.2, 0) is 4.79 Å². The number of carbonyl (C=O) groups excluding carboxylic acids is 1. The van der Waals surface area contributed by atoms with Crippen molar-refractivity contribution in [1.29, 1.82) is 0 Å². The molecule has 1 aromatic carbocycles. The molecule has 0 saturated carbocycles. The van der Waals surface area contributed by atoms with Crippen LogP contribution in [0.25, 0.3) is 11.9 Å². The molecule has 1 saturated heterocycles. The fourth-order valence-electron chi connectivity index (χ4n) is 3.19. The lowest BCUT2D eigenvalue weighted by molar-refractivity contribution is -0.115. The number of nitrogens with one attached hydrogen (secondary N) is 1. The molecule has 5 nitrogen and oxygen atoms in total. The first kappa shape index (κ1) is 20.7. The Labute approximate surface area is 188 Å². The normalized spacial score (nSPS) is 16.5. The van der Waals surface area contributed by atoms with E-state index in [-0.39, 0.29) is 5.91 Å². The van der Waals surface area contributed by atoms with Gasteiger partial charge in [0, 0.05) is 17.6 Å². The van der Waals surface area contributed by atoms with Gasteiger partial charge in [0.15, 0.2) is 5.17 Å². The number of carbonyl (C=O) groups is 1. The second-order valence-electron chi connectivity index (χ2n) is 6.91. The maximum Gasteiger partial charge on any atom is 0.264 e. The van der Waals surface area contributed by atoms with Crippen LogP contribution in [0.5, 0.6) is 0 Å². The van der Waals surface area contributed by atoms with Gasteiger partial charge in [-0.1, -0.05) is 35.3 Å². The number of aromatic nitrogens is 2. The second-order valence-corrected chi connectivity index (χ2v) is 8.73. The summed E-state index contributed by atoms with van der Waals surface area (Å²) in [5.41, 5.74) is 4.62. The monoisotopic (exact) mass is 456 g/mol. The van der Waals surface area contributed by atoms with E-state index in [2.05, 4.69) is 19.9 Å². The minimum absolute atomic E-state index is 0.199. The van der Waals surface area contributed by atoms with E-state index in [0.717, 1.165) is 28.3 Å². The van der Waals surface area contributed by atoms with Crippen molar-refractivity contribution in [3.05, 3.63) is 80.1 Å². The van der Waals surface area contributed by atoms with Crippen molar-refractivity contribution < 1.29 is 4.79 Å². The van der Waals surface area contributed by atoms with Crippen LogP contribution < -0.4 is 5.32 Å². The largest absolute Gasteiger partial charge is 0.303 e. The van der Waals surface area contributed by atoms with Gasteiger partial charge in [-0.25, -0.2) is 9.98 Å².